The molecule has 32 heavy (non-hydrogen) atoms. The van der Waals surface area contributed by atoms with Crippen molar-refractivity contribution < 1.29 is 13.2 Å². The summed E-state index contributed by atoms with van der Waals surface area (Å²) >= 11 is 0. The Hall–Kier alpha value is -2.87. The third-order valence-corrected chi connectivity index (χ3v) is 7.31. The molecule has 2 aliphatic heterocycles. The van der Waals surface area contributed by atoms with Crippen LogP contribution in [0, 0.1) is 0 Å². The molecular weight excluding hydrogens is 424 g/mol. The third kappa shape index (κ3) is 5.30. The van der Waals surface area contributed by atoms with Crippen LogP contribution in [-0.2, 0) is 21.4 Å². The normalized spacial score (nSPS) is 17.9. The maximum Gasteiger partial charge on any atom is 0.263 e. The van der Waals surface area contributed by atoms with Gasteiger partial charge in [0.05, 0.1) is 4.90 Å². The van der Waals surface area contributed by atoms with E-state index >= 15 is 0 Å². The van der Waals surface area contributed by atoms with Gasteiger partial charge in [0.1, 0.15) is 5.84 Å². The van der Waals surface area contributed by atoms with Gasteiger partial charge in [-0.25, -0.2) is 8.42 Å². The van der Waals surface area contributed by atoms with Crippen LogP contribution >= 0.6 is 0 Å². The highest BCUT2D eigenvalue weighted by atomic mass is 32.2. The van der Waals surface area contributed by atoms with E-state index in [4.69, 9.17) is 0 Å². The van der Waals surface area contributed by atoms with Crippen LogP contribution in [-0.4, -0.2) is 39.8 Å². The largest absolute Gasteiger partial charge is 0.371 e. The van der Waals surface area contributed by atoms with Crippen molar-refractivity contribution in [3.05, 3.63) is 59.7 Å². The zero-order valence-corrected chi connectivity index (χ0v) is 19.0. The fourth-order valence-electron chi connectivity index (χ4n) is 4.23. The van der Waals surface area contributed by atoms with Crippen molar-refractivity contribution >= 4 is 27.5 Å². The molecule has 1 amide bonds. The Morgan fingerprint density at radius 1 is 1.00 bits per heavy atom. The van der Waals surface area contributed by atoms with E-state index in [0.717, 1.165) is 37.9 Å². The van der Waals surface area contributed by atoms with Crippen LogP contribution in [0.2, 0.25) is 0 Å². The molecule has 2 N–H and O–H groups in total. The molecule has 0 atom stereocenters. The number of hydrogen-bond acceptors (Lipinski definition) is 5. The van der Waals surface area contributed by atoms with E-state index in [9.17, 15) is 13.2 Å². The van der Waals surface area contributed by atoms with Crippen molar-refractivity contribution in [2.45, 2.75) is 50.0 Å². The first-order valence-electron chi connectivity index (χ1n) is 11.3. The minimum absolute atomic E-state index is 0.0602. The lowest BCUT2D eigenvalue weighted by Gasteiger charge is -2.21. The van der Waals surface area contributed by atoms with E-state index in [1.54, 1.807) is 24.3 Å². The van der Waals surface area contributed by atoms with Gasteiger partial charge in [-0.05, 0) is 49.4 Å². The Morgan fingerprint density at radius 2 is 1.75 bits per heavy atom. The second-order valence-corrected chi connectivity index (χ2v) is 9.89. The molecule has 0 bridgehead atoms. The Morgan fingerprint density at radius 3 is 2.59 bits per heavy atom. The number of carbonyl (C=O) groups excluding carboxylic acids is 1. The predicted octanol–water partition coefficient (Wildman–Crippen LogP) is 3.20. The Bertz CT molecular complexity index is 1090. The van der Waals surface area contributed by atoms with Crippen LogP contribution in [0.15, 0.2) is 58.4 Å². The summed E-state index contributed by atoms with van der Waals surface area (Å²) in [5.74, 6) is 0.472. The molecule has 7 nitrogen and oxygen atoms in total. The number of unbranched alkanes of at least 4 members (excludes halogenated alkanes) is 2. The predicted molar refractivity (Wildman–Crippen MR) is 126 cm³/mol. The second-order valence-electron chi connectivity index (χ2n) is 8.24. The number of benzene rings is 2. The molecule has 8 heteroatoms. The Balaban J connectivity index is 1.17. The zero-order valence-electron chi connectivity index (χ0n) is 18.2. The highest BCUT2D eigenvalue weighted by Crippen LogP contribution is 2.24. The molecule has 2 aromatic carbocycles. The topological polar surface area (TPSA) is 90.9 Å². The lowest BCUT2D eigenvalue weighted by molar-refractivity contribution is -0.121. The maximum absolute atomic E-state index is 12.3. The SMILES string of the molecule is O=C(CCCCCN=C1NS(=O)(=O)c2ccccc21)NCc1ccccc1N1CCCC1. The van der Waals surface area contributed by atoms with E-state index in [-0.39, 0.29) is 10.8 Å². The van der Waals surface area contributed by atoms with E-state index < -0.39 is 10.0 Å². The van der Waals surface area contributed by atoms with Gasteiger partial charge >= 0.3 is 0 Å². The van der Waals surface area contributed by atoms with Gasteiger partial charge in [0.2, 0.25) is 5.91 Å². The first-order valence-corrected chi connectivity index (χ1v) is 12.8. The second kappa shape index (κ2) is 10.2. The van der Waals surface area contributed by atoms with E-state index in [0.29, 0.717) is 30.9 Å². The number of fused-ring (bicyclic) bond motifs is 1. The van der Waals surface area contributed by atoms with Gasteiger partial charge in [-0.1, -0.05) is 36.8 Å². The lowest BCUT2D eigenvalue weighted by atomic mass is 10.1. The van der Waals surface area contributed by atoms with Crippen LogP contribution in [0.4, 0.5) is 5.69 Å². The average Bonchev–Trinajstić information content (AvgIpc) is 3.42. The number of rotatable bonds is 9. The number of nitrogens with one attached hydrogen (secondary N) is 2. The summed E-state index contributed by atoms with van der Waals surface area (Å²) in [6, 6.07) is 15.2. The Kier molecular flexibility index (Phi) is 7.09. The number of amides is 1. The first-order chi connectivity index (χ1) is 15.5. The summed E-state index contributed by atoms with van der Waals surface area (Å²) < 4.78 is 26.7. The minimum atomic E-state index is -3.49. The minimum Gasteiger partial charge on any atom is -0.371 e. The molecule has 1 saturated heterocycles. The maximum atomic E-state index is 12.3. The number of para-hydroxylation sites is 1. The van der Waals surface area contributed by atoms with Gasteiger partial charge in [-0.2, -0.15) is 0 Å². The molecule has 0 radical (unpaired) electrons. The van der Waals surface area contributed by atoms with Crippen molar-refractivity contribution in [2.24, 2.45) is 4.99 Å². The van der Waals surface area contributed by atoms with Crippen molar-refractivity contribution in [1.29, 1.82) is 0 Å². The number of carbonyl (C=O) groups is 1. The molecule has 1 fully saturated rings. The van der Waals surface area contributed by atoms with Gasteiger partial charge in [0.15, 0.2) is 0 Å². The summed E-state index contributed by atoms with van der Waals surface area (Å²) in [6.45, 7) is 3.25. The molecule has 0 aromatic heterocycles. The summed E-state index contributed by atoms with van der Waals surface area (Å²) in [4.78, 5) is 19.4. The van der Waals surface area contributed by atoms with Gasteiger partial charge in [0.25, 0.3) is 10.0 Å². The van der Waals surface area contributed by atoms with E-state index in [1.165, 1.54) is 18.5 Å². The van der Waals surface area contributed by atoms with Crippen molar-refractivity contribution in [1.82, 2.24) is 10.0 Å². The fraction of sp³-hybridized carbons (Fsp3) is 0.417. The monoisotopic (exact) mass is 454 g/mol. The molecular formula is C24H30N4O3S. The van der Waals surface area contributed by atoms with E-state index in [2.05, 4.69) is 38.1 Å². The fourth-order valence-corrected chi connectivity index (χ4v) is 5.48. The number of anilines is 1. The van der Waals surface area contributed by atoms with Crippen LogP contribution in [0.1, 0.15) is 49.7 Å². The molecule has 0 spiro atoms. The third-order valence-electron chi connectivity index (χ3n) is 5.91. The standard InChI is InChI=1S/C24H30N4O3S/c29-23(26-18-19-10-3-5-12-21(19)28-16-8-9-17-28)14-2-1-7-15-25-24-20-11-4-6-13-22(20)32(30,31)27-24/h3-6,10-13H,1-2,7-9,14-18H2,(H,25,27)(H,26,29). The molecule has 0 unspecified atom stereocenters. The summed E-state index contributed by atoms with van der Waals surface area (Å²) in [6.07, 6.45) is 5.39. The Labute approximate surface area is 190 Å². The van der Waals surface area contributed by atoms with Gasteiger partial charge in [-0.15, -0.1) is 0 Å². The number of amidine groups is 1. The number of aliphatic imine (C=N–C) groups is 1. The quantitative estimate of drug-likeness (QED) is 0.569. The summed E-state index contributed by atoms with van der Waals surface area (Å²) in [5.41, 5.74) is 3.02. The van der Waals surface area contributed by atoms with Gasteiger partial charge in [-0.3, -0.25) is 14.5 Å². The zero-order chi connectivity index (χ0) is 22.4. The lowest BCUT2D eigenvalue weighted by Crippen LogP contribution is -2.25. The van der Waals surface area contributed by atoms with Crippen LogP contribution in [0.3, 0.4) is 0 Å². The molecule has 2 heterocycles. The first kappa shape index (κ1) is 22.3. The molecule has 170 valence electrons. The number of nitrogens with zero attached hydrogens (tertiary/aromatic N) is 2. The van der Waals surface area contributed by atoms with Crippen LogP contribution in [0.5, 0.6) is 0 Å². The van der Waals surface area contributed by atoms with Crippen molar-refractivity contribution in [3.8, 4) is 0 Å². The van der Waals surface area contributed by atoms with Crippen LogP contribution < -0.4 is 14.9 Å². The molecule has 4 rings (SSSR count). The highest BCUT2D eigenvalue weighted by molar-refractivity contribution is 7.90. The van der Waals surface area contributed by atoms with Crippen molar-refractivity contribution in [3.63, 3.8) is 0 Å². The molecule has 0 aliphatic carbocycles. The summed E-state index contributed by atoms with van der Waals surface area (Å²) in [5, 5.41) is 3.05. The average molecular weight is 455 g/mol. The smallest absolute Gasteiger partial charge is 0.263 e. The summed E-state index contributed by atoms with van der Waals surface area (Å²) in [7, 11) is -3.49. The van der Waals surface area contributed by atoms with Crippen molar-refractivity contribution in [2.75, 3.05) is 24.5 Å². The molecule has 2 aliphatic rings. The van der Waals surface area contributed by atoms with E-state index in [1.807, 2.05) is 6.07 Å². The number of sulfonamides is 1. The molecule has 0 saturated carbocycles. The number of hydrogen-bond donors (Lipinski definition) is 2. The van der Waals surface area contributed by atoms with Gasteiger partial charge in [0, 0.05) is 43.9 Å². The molecule has 2 aromatic rings. The van der Waals surface area contributed by atoms with Crippen LogP contribution in [0.25, 0.3) is 0 Å². The highest BCUT2D eigenvalue weighted by Gasteiger charge is 2.29. The van der Waals surface area contributed by atoms with Gasteiger partial charge < -0.3 is 10.2 Å².